The number of sulfone groups is 1. The Bertz CT molecular complexity index is 1040. The predicted molar refractivity (Wildman–Crippen MR) is 105 cm³/mol. The van der Waals surface area contributed by atoms with Crippen molar-refractivity contribution < 1.29 is 13.2 Å². The first-order valence-electron chi connectivity index (χ1n) is 8.46. The average molecular weight is 383 g/mol. The molecule has 0 saturated carbocycles. The van der Waals surface area contributed by atoms with E-state index in [2.05, 4.69) is 10.4 Å². The zero-order valence-corrected chi connectivity index (χ0v) is 16.0. The summed E-state index contributed by atoms with van der Waals surface area (Å²) in [5.41, 5.74) is 3.00. The highest BCUT2D eigenvalue weighted by atomic mass is 32.2. The largest absolute Gasteiger partial charge is 0.307 e. The summed E-state index contributed by atoms with van der Waals surface area (Å²) in [6.07, 6.45) is 1.18. The van der Waals surface area contributed by atoms with E-state index in [0.29, 0.717) is 23.5 Å². The molecule has 0 saturated heterocycles. The number of nitrogens with one attached hydrogen (secondary N) is 1. The lowest BCUT2D eigenvalue weighted by Crippen LogP contribution is -2.16. The van der Waals surface area contributed by atoms with Crippen LogP contribution in [0.15, 0.2) is 60.7 Å². The second-order valence-corrected chi connectivity index (χ2v) is 8.68. The zero-order chi connectivity index (χ0) is 19.4. The van der Waals surface area contributed by atoms with Crippen LogP contribution in [0.4, 0.5) is 5.82 Å². The maximum absolute atomic E-state index is 12.6. The van der Waals surface area contributed by atoms with Crippen molar-refractivity contribution >= 4 is 21.6 Å². The van der Waals surface area contributed by atoms with Gasteiger partial charge in [0.25, 0.3) is 5.91 Å². The number of hydrogen-bond acceptors (Lipinski definition) is 4. The van der Waals surface area contributed by atoms with Crippen LogP contribution in [-0.2, 0) is 22.1 Å². The fourth-order valence-electron chi connectivity index (χ4n) is 2.77. The zero-order valence-electron chi connectivity index (χ0n) is 15.2. The molecule has 0 unspecified atom stereocenters. The Morgan fingerprint density at radius 3 is 2.33 bits per heavy atom. The van der Waals surface area contributed by atoms with Gasteiger partial charge in [-0.05, 0) is 30.2 Å². The number of anilines is 1. The number of benzene rings is 2. The van der Waals surface area contributed by atoms with Gasteiger partial charge in [0.05, 0.1) is 18.0 Å². The molecule has 1 N–H and O–H groups in total. The fraction of sp³-hybridized carbons (Fsp3) is 0.200. The summed E-state index contributed by atoms with van der Waals surface area (Å²) in [6, 6.07) is 18.3. The van der Waals surface area contributed by atoms with Crippen molar-refractivity contribution in [3.63, 3.8) is 0 Å². The molecule has 0 atom stereocenters. The number of rotatable bonds is 6. The van der Waals surface area contributed by atoms with Crippen LogP contribution in [-0.4, -0.2) is 30.4 Å². The SMILES string of the molecule is Cc1cc(NC(=O)c2ccc(CS(C)(=O)=O)cc2)n(Cc2ccccc2)n1. The molecule has 6 nitrogen and oxygen atoms in total. The summed E-state index contributed by atoms with van der Waals surface area (Å²) in [5.74, 6) is 0.300. The Balaban J connectivity index is 1.74. The third kappa shape index (κ3) is 5.27. The lowest BCUT2D eigenvalue weighted by Gasteiger charge is -2.09. The molecule has 27 heavy (non-hydrogen) atoms. The molecule has 3 rings (SSSR count). The van der Waals surface area contributed by atoms with Gasteiger partial charge in [0, 0.05) is 17.9 Å². The third-order valence-corrected chi connectivity index (χ3v) is 4.82. The molecular weight excluding hydrogens is 362 g/mol. The molecule has 1 amide bonds. The van der Waals surface area contributed by atoms with E-state index in [9.17, 15) is 13.2 Å². The van der Waals surface area contributed by atoms with E-state index in [1.807, 2.05) is 43.3 Å². The van der Waals surface area contributed by atoms with Crippen molar-refractivity contribution in [3.05, 3.63) is 83.0 Å². The third-order valence-electron chi connectivity index (χ3n) is 3.96. The van der Waals surface area contributed by atoms with Gasteiger partial charge in [0.1, 0.15) is 5.82 Å². The Morgan fingerprint density at radius 2 is 1.70 bits per heavy atom. The van der Waals surface area contributed by atoms with E-state index in [0.717, 1.165) is 11.3 Å². The number of amides is 1. The maximum atomic E-state index is 12.6. The first-order chi connectivity index (χ1) is 12.8. The number of nitrogens with zero attached hydrogens (tertiary/aromatic N) is 2. The normalized spacial score (nSPS) is 11.3. The average Bonchev–Trinajstić information content (AvgIpc) is 2.94. The Morgan fingerprint density at radius 1 is 1.04 bits per heavy atom. The van der Waals surface area contributed by atoms with Crippen LogP contribution in [0.3, 0.4) is 0 Å². The number of carbonyl (C=O) groups is 1. The molecule has 0 aliphatic rings. The number of aromatic nitrogens is 2. The highest BCUT2D eigenvalue weighted by Gasteiger charge is 2.12. The summed E-state index contributed by atoms with van der Waals surface area (Å²) in [5, 5.41) is 7.32. The molecule has 0 spiro atoms. The number of hydrogen-bond donors (Lipinski definition) is 1. The molecule has 3 aromatic rings. The van der Waals surface area contributed by atoms with Gasteiger partial charge in [-0.25, -0.2) is 13.1 Å². The summed E-state index contributed by atoms with van der Waals surface area (Å²) in [4.78, 5) is 12.6. The highest BCUT2D eigenvalue weighted by molar-refractivity contribution is 7.89. The van der Waals surface area contributed by atoms with Gasteiger partial charge in [-0.15, -0.1) is 0 Å². The Labute approximate surface area is 158 Å². The van der Waals surface area contributed by atoms with E-state index in [4.69, 9.17) is 0 Å². The van der Waals surface area contributed by atoms with Crippen molar-refractivity contribution in [1.82, 2.24) is 9.78 Å². The van der Waals surface area contributed by atoms with Gasteiger partial charge in [-0.3, -0.25) is 4.79 Å². The molecule has 0 bridgehead atoms. The van der Waals surface area contributed by atoms with Gasteiger partial charge < -0.3 is 5.32 Å². The Kier molecular flexibility index (Phi) is 5.41. The fourth-order valence-corrected chi connectivity index (χ4v) is 3.56. The second kappa shape index (κ2) is 7.75. The Hall–Kier alpha value is -2.93. The highest BCUT2D eigenvalue weighted by Crippen LogP contribution is 2.15. The van der Waals surface area contributed by atoms with Crippen molar-refractivity contribution in [2.24, 2.45) is 0 Å². The van der Waals surface area contributed by atoms with Crippen LogP contribution in [0.5, 0.6) is 0 Å². The topological polar surface area (TPSA) is 81.1 Å². The minimum absolute atomic E-state index is 0.0437. The lowest BCUT2D eigenvalue weighted by molar-refractivity contribution is 0.102. The van der Waals surface area contributed by atoms with Crippen molar-refractivity contribution in [1.29, 1.82) is 0 Å². The monoisotopic (exact) mass is 383 g/mol. The van der Waals surface area contributed by atoms with E-state index in [1.165, 1.54) is 6.26 Å². The molecule has 1 heterocycles. The van der Waals surface area contributed by atoms with Gasteiger partial charge in [-0.1, -0.05) is 42.5 Å². The van der Waals surface area contributed by atoms with Crippen LogP contribution in [0.2, 0.25) is 0 Å². The number of carbonyl (C=O) groups excluding carboxylic acids is 1. The molecule has 0 aliphatic heterocycles. The van der Waals surface area contributed by atoms with Gasteiger partial charge in [-0.2, -0.15) is 5.10 Å². The van der Waals surface area contributed by atoms with Crippen LogP contribution in [0, 0.1) is 6.92 Å². The first kappa shape index (κ1) is 18.8. The smallest absolute Gasteiger partial charge is 0.256 e. The maximum Gasteiger partial charge on any atom is 0.256 e. The molecule has 140 valence electrons. The van der Waals surface area contributed by atoms with Crippen LogP contribution < -0.4 is 5.32 Å². The molecule has 0 fully saturated rings. The van der Waals surface area contributed by atoms with Gasteiger partial charge >= 0.3 is 0 Å². The van der Waals surface area contributed by atoms with Crippen molar-refractivity contribution in [2.45, 2.75) is 19.2 Å². The van der Waals surface area contributed by atoms with Crippen molar-refractivity contribution in [2.75, 3.05) is 11.6 Å². The van der Waals surface area contributed by atoms with Crippen molar-refractivity contribution in [3.8, 4) is 0 Å². The molecule has 7 heteroatoms. The van der Waals surface area contributed by atoms with Crippen LogP contribution in [0.25, 0.3) is 0 Å². The molecule has 0 aliphatic carbocycles. The first-order valence-corrected chi connectivity index (χ1v) is 10.5. The van der Waals surface area contributed by atoms with Gasteiger partial charge in [0.2, 0.25) is 0 Å². The van der Waals surface area contributed by atoms with Crippen LogP contribution >= 0.6 is 0 Å². The molecule has 0 radical (unpaired) electrons. The van der Waals surface area contributed by atoms with Gasteiger partial charge in [0.15, 0.2) is 9.84 Å². The summed E-state index contributed by atoms with van der Waals surface area (Å²) in [7, 11) is -3.10. The standard InChI is InChI=1S/C20H21N3O3S/c1-15-12-19(23(22-15)13-16-6-4-3-5-7-16)21-20(24)18-10-8-17(9-11-18)14-27(2,25)26/h3-12H,13-14H2,1-2H3,(H,21,24). The van der Waals surface area contributed by atoms with Crippen LogP contribution in [0.1, 0.15) is 27.2 Å². The predicted octanol–water partition coefficient (Wildman–Crippen LogP) is 3.04. The minimum Gasteiger partial charge on any atom is -0.307 e. The van der Waals surface area contributed by atoms with E-state index in [-0.39, 0.29) is 11.7 Å². The summed E-state index contributed by atoms with van der Waals surface area (Å²) >= 11 is 0. The summed E-state index contributed by atoms with van der Waals surface area (Å²) in [6.45, 7) is 2.43. The molecular formula is C20H21N3O3S. The number of aryl methyl sites for hydroxylation is 1. The minimum atomic E-state index is -3.10. The van der Waals surface area contributed by atoms with E-state index >= 15 is 0 Å². The summed E-state index contributed by atoms with van der Waals surface area (Å²) < 4.78 is 24.5. The van der Waals surface area contributed by atoms with E-state index in [1.54, 1.807) is 28.9 Å². The molecule has 2 aromatic carbocycles. The molecule has 1 aromatic heterocycles. The lowest BCUT2D eigenvalue weighted by atomic mass is 10.1. The van der Waals surface area contributed by atoms with E-state index < -0.39 is 9.84 Å². The quantitative estimate of drug-likeness (QED) is 0.709. The second-order valence-electron chi connectivity index (χ2n) is 6.54.